The van der Waals surface area contributed by atoms with Gasteiger partial charge in [-0.3, -0.25) is 4.79 Å². The average molecular weight is 403 g/mol. The SMILES string of the molecule is CCc1ccc(C2CC(=O)Nc3c2c(C)nn3-c2nc3ccc(C)cc3s2)cc1. The number of rotatable bonds is 3. The van der Waals surface area contributed by atoms with Crippen LogP contribution in [0.5, 0.6) is 0 Å². The Bertz CT molecular complexity index is 1240. The van der Waals surface area contributed by atoms with E-state index in [4.69, 9.17) is 10.1 Å². The van der Waals surface area contributed by atoms with Crippen molar-refractivity contribution in [2.24, 2.45) is 0 Å². The maximum Gasteiger partial charge on any atom is 0.226 e. The van der Waals surface area contributed by atoms with Crippen molar-refractivity contribution in [3.63, 3.8) is 0 Å². The fourth-order valence-electron chi connectivity index (χ4n) is 4.07. The molecule has 0 bridgehead atoms. The Kier molecular flexibility index (Phi) is 4.24. The first kappa shape index (κ1) is 18.1. The topological polar surface area (TPSA) is 59.8 Å². The molecule has 3 heterocycles. The molecular weight excluding hydrogens is 380 g/mol. The molecule has 1 unspecified atom stereocenters. The normalized spacial score (nSPS) is 16.1. The number of aromatic nitrogens is 3. The molecule has 1 amide bonds. The van der Waals surface area contributed by atoms with Crippen LogP contribution in [-0.4, -0.2) is 20.7 Å². The minimum atomic E-state index is 0.00929. The highest BCUT2D eigenvalue weighted by molar-refractivity contribution is 7.20. The minimum Gasteiger partial charge on any atom is -0.310 e. The van der Waals surface area contributed by atoms with Crippen LogP contribution in [0.15, 0.2) is 42.5 Å². The Morgan fingerprint density at radius 1 is 1.17 bits per heavy atom. The molecule has 0 saturated heterocycles. The summed E-state index contributed by atoms with van der Waals surface area (Å²) in [6.45, 7) is 6.24. The first-order valence-electron chi connectivity index (χ1n) is 9.89. The monoisotopic (exact) mass is 402 g/mol. The largest absolute Gasteiger partial charge is 0.310 e. The third kappa shape index (κ3) is 3.04. The summed E-state index contributed by atoms with van der Waals surface area (Å²) in [6.07, 6.45) is 1.44. The number of nitrogens with zero attached hydrogens (tertiary/aromatic N) is 3. The van der Waals surface area contributed by atoms with Crippen molar-refractivity contribution in [1.29, 1.82) is 0 Å². The van der Waals surface area contributed by atoms with E-state index in [1.54, 1.807) is 16.0 Å². The quantitative estimate of drug-likeness (QED) is 0.516. The molecule has 1 aliphatic heterocycles. The second-order valence-electron chi connectivity index (χ2n) is 7.63. The smallest absolute Gasteiger partial charge is 0.226 e. The number of hydrogen-bond donors (Lipinski definition) is 1. The molecule has 146 valence electrons. The Labute approximate surface area is 173 Å². The van der Waals surface area contributed by atoms with E-state index in [1.807, 2.05) is 13.0 Å². The zero-order chi connectivity index (χ0) is 20.1. The molecule has 0 radical (unpaired) electrons. The summed E-state index contributed by atoms with van der Waals surface area (Å²) in [6, 6.07) is 14.8. The van der Waals surface area contributed by atoms with Crippen LogP contribution in [0.25, 0.3) is 15.3 Å². The summed E-state index contributed by atoms with van der Waals surface area (Å²) >= 11 is 1.59. The van der Waals surface area contributed by atoms with E-state index in [0.717, 1.165) is 44.4 Å². The van der Waals surface area contributed by atoms with Gasteiger partial charge < -0.3 is 5.32 Å². The number of anilines is 1. The van der Waals surface area contributed by atoms with Gasteiger partial charge in [-0.1, -0.05) is 48.6 Å². The minimum absolute atomic E-state index is 0.00929. The third-order valence-corrected chi connectivity index (χ3v) is 6.60. The van der Waals surface area contributed by atoms with Crippen molar-refractivity contribution >= 4 is 33.3 Å². The van der Waals surface area contributed by atoms with Crippen LogP contribution < -0.4 is 5.32 Å². The molecule has 4 aromatic rings. The van der Waals surface area contributed by atoms with Crippen molar-refractivity contribution in [1.82, 2.24) is 14.8 Å². The van der Waals surface area contributed by atoms with Gasteiger partial charge in [-0.15, -0.1) is 0 Å². The summed E-state index contributed by atoms with van der Waals surface area (Å²) < 4.78 is 2.92. The van der Waals surface area contributed by atoms with Gasteiger partial charge >= 0.3 is 0 Å². The van der Waals surface area contributed by atoms with E-state index in [1.165, 1.54) is 11.1 Å². The number of nitrogens with one attached hydrogen (secondary N) is 1. The van der Waals surface area contributed by atoms with Crippen LogP contribution in [0.4, 0.5) is 5.82 Å². The number of benzene rings is 2. The number of amides is 1. The Balaban J connectivity index is 1.64. The number of carbonyl (C=O) groups excluding carboxylic acids is 1. The van der Waals surface area contributed by atoms with Gasteiger partial charge in [0.15, 0.2) is 0 Å². The highest BCUT2D eigenvalue weighted by atomic mass is 32.1. The molecule has 1 aliphatic rings. The third-order valence-electron chi connectivity index (χ3n) is 5.61. The van der Waals surface area contributed by atoms with Gasteiger partial charge in [-0.25, -0.2) is 4.98 Å². The molecule has 0 spiro atoms. The fraction of sp³-hybridized carbons (Fsp3) is 0.261. The highest BCUT2D eigenvalue weighted by Crippen LogP contribution is 2.41. The summed E-state index contributed by atoms with van der Waals surface area (Å²) in [5, 5.41) is 8.60. The van der Waals surface area contributed by atoms with E-state index in [0.29, 0.717) is 6.42 Å². The summed E-state index contributed by atoms with van der Waals surface area (Å²) in [5.74, 6) is 0.772. The van der Waals surface area contributed by atoms with E-state index in [-0.39, 0.29) is 11.8 Å². The van der Waals surface area contributed by atoms with E-state index < -0.39 is 0 Å². The Morgan fingerprint density at radius 3 is 2.72 bits per heavy atom. The zero-order valence-corrected chi connectivity index (χ0v) is 17.5. The number of hydrogen-bond acceptors (Lipinski definition) is 4. The van der Waals surface area contributed by atoms with Gasteiger partial charge in [0.2, 0.25) is 11.0 Å². The molecule has 5 nitrogen and oxygen atoms in total. The van der Waals surface area contributed by atoms with E-state index >= 15 is 0 Å². The van der Waals surface area contributed by atoms with E-state index in [9.17, 15) is 4.79 Å². The van der Waals surface area contributed by atoms with Crippen molar-refractivity contribution < 1.29 is 4.79 Å². The summed E-state index contributed by atoms with van der Waals surface area (Å²) in [7, 11) is 0. The zero-order valence-electron chi connectivity index (χ0n) is 16.7. The molecule has 0 saturated carbocycles. The average Bonchev–Trinajstić information content (AvgIpc) is 3.28. The van der Waals surface area contributed by atoms with Gasteiger partial charge in [-0.05, 0) is 49.1 Å². The summed E-state index contributed by atoms with van der Waals surface area (Å²) in [5.41, 5.74) is 6.62. The molecule has 0 aliphatic carbocycles. The lowest BCUT2D eigenvalue weighted by atomic mass is 9.85. The van der Waals surface area contributed by atoms with Crippen LogP contribution in [0, 0.1) is 13.8 Å². The Morgan fingerprint density at radius 2 is 1.97 bits per heavy atom. The number of aryl methyl sites for hydroxylation is 3. The maximum absolute atomic E-state index is 12.6. The maximum atomic E-state index is 12.6. The molecular formula is C23H22N4OS. The fourth-order valence-corrected chi connectivity index (χ4v) is 5.09. The van der Waals surface area contributed by atoms with Crippen LogP contribution in [0.3, 0.4) is 0 Å². The van der Waals surface area contributed by atoms with E-state index in [2.05, 4.69) is 55.6 Å². The molecule has 2 aromatic heterocycles. The van der Waals surface area contributed by atoms with Gasteiger partial charge in [0.05, 0.1) is 15.9 Å². The molecule has 0 fully saturated rings. The number of fused-ring (bicyclic) bond motifs is 2. The predicted octanol–water partition coefficient (Wildman–Crippen LogP) is 5.14. The van der Waals surface area contributed by atoms with Crippen LogP contribution in [-0.2, 0) is 11.2 Å². The van der Waals surface area contributed by atoms with Crippen LogP contribution in [0.1, 0.15) is 47.2 Å². The second-order valence-corrected chi connectivity index (χ2v) is 8.64. The highest BCUT2D eigenvalue weighted by Gasteiger charge is 2.33. The van der Waals surface area contributed by atoms with Crippen molar-refractivity contribution in [3.05, 3.63) is 70.4 Å². The molecule has 1 N–H and O–H groups in total. The lowest BCUT2D eigenvalue weighted by Gasteiger charge is -2.24. The predicted molar refractivity (Wildman–Crippen MR) is 117 cm³/mol. The molecule has 29 heavy (non-hydrogen) atoms. The lowest BCUT2D eigenvalue weighted by Crippen LogP contribution is -2.24. The van der Waals surface area contributed by atoms with Crippen molar-refractivity contribution in [3.8, 4) is 5.13 Å². The van der Waals surface area contributed by atoms with Gasteiger partial charge in [0.1, 0.15) is 5.82 Å². The molecule has 1 atom stereocenters. The summed E-state index contributed by atoms with van der Waals surface area (Å²) in [4.78, 5) is 17.3. The molecule has 6 heteroatoms. The second kappa shape index (κ2) is 6.81. The van der Waals surface area contributed by atoms with Crippen molar-refractivity contribution in [2.75, 3.05) is 5.32 Å². The van der Waals surface area contributed by atoms with Gasteiger partial charge in [-0.2, -0.15) is 9.78 Å². The number of carbonyl (C=O) groups is 1. The Hall–Kier alpha value is -2.99. The number of thiazole rings is 1. The lowest BCUT2D eigenvalue weighted by molar-refractivity contribution is -0.116. The molecule has 5 rings (SSSR count). The molecule has 2 aromatic carbocycles. The van der Waals surface area contributed by atoms with Crippen molar-refractivity contribution in [2.45, 2.75) is 39.5 Å². The van der Waals surface area contributed by atoms with Gasteiger partial charge in [0.25, 0.3) is 0 Å². The first-order chi connectivity index (χ1) is 14.0. The standard InChI is InChI=1S/C23H22N4OS/c1-4-15-6-8-16(9-7-15)17-12-20(28)25-22-21(17)14(3)26-27(22)23-24-18-10-5-13(2)11-19(18)29-23/h5-11,17H,4,12H2,1-3H3,(H,25,28). The van der Waals surface area contributed by atoms with Crippen LogP contribution in [0.2, 0.25) is 0 Å². The van der Waals surface area contributed by atoms with Gasteiger partial charge in [0, 0.05) is 17.9 Å². The van der Waals surface area contributed by atoms with Crippen LogP contribution >= 0.6 is 11.3 Å². The first-order valence-corrected chi connectivity index (χ1v) is 10.7.